The van der Waals surface area contributed by atoms with E-state index in [1.165, 1.54) is 11.1 Å². The molecule has 1 heterocycles. The topological polar surface area (TPSA) is 24.9 Å². The quantitative estimate of drug-likeness (QED) is 0.909. The molecule has 0 fully saturated rings. The van der Waals surface area contributed by atoms with Crippen molar-refractivity contribution < 1.29 is 0 Å². The van der Waals surface area contributed by atoms with Crippen molar-refractivity contribution in [1.29, 1.82) is 0 Å². The van der Waals surface area contributed by atoms with Gasteiger partial charge in [-0.15, -0.1) is 11.3 Å². The molecule has 2 aromatic rings. The lowest BCUT2D eigenvalue weighted by molar-refractivity contribution is 0.399. The summed E-state index contributed by atoms with van der Waals surface area (Å²) in [5.74, 6) is 0. The molecule has 1 aromatic carbocycles. The number of halogens is 1. The molecule has 1 aromatic heterocycles. The molecule has 0 bridgehead atoms. The summed E-state index contributed by atoms with van der Waals surface area (Å²) in [5, 5.41) is 6.69. The minimum absolute atomic E-state index is 0.0881. The van der Waals surface area contributed by atoms with Crippen LogP contribution >= 0.6 is 27.3 Å². The Balaban J connectivity index is 2.05. The average Bonchev–Trinajstić information content (AvgIpc) is 2.85. The van der Waals surface area contributed by atoms with E-state index in [4.69, 9.17) is 0 Å². The summed E-state index contributed by atoms with van der Waals surface area (Å²) in [6.07, 6.45) is 1.85. The van der Waals surface area contributed by atoms with Gasteiger partial charge in [-0.2, -0.15) is 0 Å². The molecule has 0 atom stereocenters. The molecule has 0 amide bonds. The van der Waals surface area contributed by atoms with Gasteiger partial charge in [-0.3, -0.25) is 0 Å². The maximum atomic E-state index is 4.38. The van der Waals surface area contributed by atoms with Gasteiger partial charge in [-0.25, -0.2) is 4.98 Å². The van der Waals surface area contributed by atoms with Gasteiger partial charge in [0.2, 0.25) is 0 Å². The van der Waals surface area contributed by atoms with Gasteiger partial charge in [0.1, 0.15) is 5.01 Å². The highest BCUT2D eigenvalue weighted by molar-refractivity contribution is 9.10. The molecule has 0 spiro atoms. The first kappa shape index (κ1) is 13.7. The smallest absolute Gasteiger partial charge is 0.112 e. The Morgan fingerprint density at radius 2 is 2.17 bits per heavy atom. The fraction of sp³-hybridized carbons (Fsp3) is 0.357. The maximum absolute atomic E-state index is 4.38. The van der Waals surface area contributed by atoms with Gasteiger partial charge in [-0.05, 0) is 38.0 Å². The second-order valence-corrected chi connectivity index (χ2v) is 6.65. The average molecular weight is 325 g/mol. The highest BCUT2D eigenvalue weighted by atomic mass is 79.9. The summed E-state index contributed by atoms with van der Waals surface area (Å²) in [6.45, 7) is 7.29. The van der Waals surface area contributed by atoms with Crippen LogP contribution in [0.25, 0.3) is 0 Å². The van der Waals surface area contributed by atoms with Crippen molar-refractivity contribution in [3.8, 4) is 0 Å². The van der Waals surface area contributed by atoms with Crippen molar-refractivity contribution in [3.63, 3.8) is 0 Å². The van der Waals surface area contributed by atoms with Crippen molar-refractivity contribution in [2.45, 2.75) is 32.9 Å². The largest absolute Gasteiger partial charge is 0.302 e. The van der Waals surface area contributed by atoms with Crippen LogP contribution < -0.4 is 5.32 Å². The van der Waals surface area contributed by atoms with Crippen LogP contribution in [0.1, 0.15) is 30.0 Å². The number of hydrogen-bond acceptors (Lipinski definition) is 3. The molecule has 2 nitrogen and oxygen atoms in total. The van der Waals surface area contributed by atoms with Crippen LogP contribution in [0.4, 0.5) is 0 Å². The van der Waals surface area contributed by atoms with Gasteiger partial charge in [0.15, 0.2) is 0 Å². The second kappa shape index (κ2) is 5.51. The van der Waals surface area contributed by atoms with Gasteiger partial charge < -0.3 is 5.32 Å². The zero-order valence-electron chi connectivity index (χ0n) is 10.8. The standard InChI is InChI=1S/C14H17BrN2S/c1-10-8-11(4-5-12(10)15)9-17-14(2,3)13-16-6-7-18-13/h4-8,17H,9H2,1-3H3. The molecule has 96 valence electrons. The summed E-state index contributed by atoms with van der Waals surface area (Å²) < 4.78 is 1.16. The molecule has 4 heteroatoms. The molecule has 0 aliphatic rings. The van der Waals surface area contributed by atoms with Crippen molar-refractivity contribution in [2.24, 2.45) is 0 Å². The number of rotatable bonds is 4. The van der Waals surface area contributed by atoms with Crippen molar-refractivity contribution in [2.75, 3.05) is 0 Å². The lowest BCUT2D eigenvalue weighted by Gasteiger charge is -2.24. The normalized spacial score (nSPS) is 11.8. The number of nitrogens with zero attached hydrogens (tertiary/aromatic N) is 1. The van der Waals surface area contributed by atoms with Crippen molar-refractivity contribution in [3.05, 3.63) is 50.4 Å². The van der Waals surface area contributed by atoms with Crippen LogP contribution in [0.2, 0.25) is 0 Å². The van der Waals surface area contributed by atoms with Gasteiger partial charge in [0, 0.05) is 22.6 Å². The van der Waals surface area contributed by atoms with Crippen molar-refractivity contribution in [1.82, 2.24) is 10.3 Å². The van der Waals surface area contributed by atoms with E-state index in [0.717, 1.165) is 16.0 Å². The highest BCUT2D eigenvalue weighted by Crippen LogP contribution is 2.23. The lowest BCUT2D eigenvalue weighted by Crippen LogP contribution is -2.35. The Labute approximate surface area is 121 Å². The number of aromatic nitrogens is 1. The van der Waals surface area contributed by atoms with E-state index in [1.54, 1.807) is 11.3 Å². The number of aryl methyl sites for hydroxylation is 1. The van der Waals surface area contributed by atoms with E-state index in [1.807, 2.05) is 11.6 Å². The summed E-state index contributed by atoms with van der Waals surface area (Å²) in [6, 6.07) is 6.44. The number of thiazole rings is 1. The summed E-state index contributed by atoms with van der Waals surface area (Å²) in [5.41, 5.74) is 2.47. The summed E-state index contributed by atoms with van der Waals surface area (Å²) in [4.78, 5) is 4.38. The highest BCUT2D eigenvalue weighted by Gasteiger charge is 2.22. The molecule has 0 radical (unpaired) electrons. The molecule has 0 aliphatic heterocycles. The van der Waals surface area contributed by atoms with Gasteiger partial charge in [0.05, 0.1) is 5.54 Å². The molecular formula is C14H17BrN2S. The Morgan fingerprint density at radius 3 is 2.78 bits per heavy atom. The van der Waals surface area contributed by atoms with Gasteiger partial charge >= 0.3 is 0 Å². The Kier molecular flexibility index (Phi) is 4.20. The predicted octanol–water partition coefficient (Wildman–Crippen LogP) is 4.24. The zero-order chi connectivity index (χ0) is 13.2. The first-order valence-electron chi connectivity index (χ1n) is 5.89. The minimum atomic E-state index is -0.0881. The molecule has 0 saturated heterocycles. The summed E-state index contributed by atoms with van der Waals surface area (Å²) >= 11 is 5.21. The van der Waals surface area contributed by atoms with E-state index in [9.17, 15) is 0 Å². The van der Waals surface area contributed by atoms with Gasteiger partial charge in [0.25, 0.3) is 0 Å². The van der Waals surface area contributed by atoms with E-state index >= 15 is 0 Å². The third kappa shape index (κ3) is 3.19. The number of benzene rings is 1. The molecular weight excluding hydrogens is 308 g/mol. The second-order valence-electron chi connectivity index (χ2n) is 4.90. The Morgan fingerprint density at radius 1 is 1.39 bits per heavy atom. The van der Waals surface area contributed by atoms with E-state index < -0.39 is 0 Å². The maximum Gasteiger partial charge on any atom is 0.112 e. The zero-order valence-corrected chi connectivity index (χ0v) is 13.2. The SMILES string of the molecule is Cc1cc(CNC(C)(C)c2nccs2)ccc1Br. The molecule has 0 unspecified atom stereocenters. The molecule has 1 N–H and O–H groups in total. The first-order chi connectivity index (χ1) is 8.49. The van der Waals surface area contributed by atoms with E-state index in [2.05, 4.69) is 65.2 Å². The first-order valence-corrected chi connectivity index (χ1v) is 7.56. The van der Waals surface area contributed by atoms with Crippen LogP contribution in [0, 0.1) is 6.92 Å². The third-order valence-corrected chi connectivity index (χ3v) is 4.91. The minimum Gasteiger partial charge on any atom is -0.302 e. The lowest BCUT2D eigenvalue weighted by atomic mass is 10.1. The number of hydrogen-bond donors (Lipinski definition) is 1. The van der Waals surface area contributed by atoms with Crippen LogP contribution in [-0.2, 0) is 12.1 Å². The van der Waals surface area contributed by atoms with Crippen LogP contribution in [0.5, 0.6) is 0 Å². The van der Waals surface area contributed by atoms with E-state index in [0.29, 0.717) is 0 Å². The molecule has 0 aliphatic carbocycles. The fourth-order valence-corrected chi connectivity index (χ4v) is 2.73. The Bertz CT molecular complexity index is 521. The summed E-state index contributed by atoms with van der Waals surface area (Å²) in [7, 11) is 0. The fourth-order valence-electron chi connectivity index (χ4n) is 1.75. The van der Waals surface area contributed by atoms with Crippen LogP contribution in [-0.4, -0.2) is 4.98 Å². The third-order valence-electron chi connectivity index (χ3n) is 2.92. The van der Waals surface area contributed by atoms with Crippen LogP contribution in [0.3, 0.4) is 0 Å². The van der Waals surface area contributed by atoms with Gasteiger partial charge in [-0.1, -0.05) is 28.1 Å². The monoisotopic (exact) mass is 324 g/mol. The Hall–Kier alpha value is -0.710. The molecule has 0 saturated carbocycles. The van der Waals surface area contributed by atoms with Crippen LogP contribution in [0.15, 0.2) is 34.2 Å². The number of nitrogens with one attached hydrogen (secondary N) is 1. The van der Waals surface area contributed by atoms with E-state index in [-0.39, 0.29) is 5.54 Å². The molecule has 18 heavy (non-hydrogen) atoms. The van der Waals surface area contributed by atoms with Crippen molar-refractivity contribution >= 4 is 27.3 Å². The molecule has 2 rings (SSSR count). The predicted molar refractivity (Wildman–Crippen MR) is 80.9 cm³/mol.